The van der Waals surface area contributed by atoms with E-state index >= 15 is 0 Å². The van der Waals surface area contributed by atoms with Crippen molar-refractivity contribution in [3.05, 3.63) is 22.8 Å². The van der Waals surface area contributed by atoms with E-state index in [1.807, 2.05) is 0 Å². The van der Waals surface area contributed by atoms with Crippen molar-refractivity contribution in [1.82, 2.24) is 0 Å². The van der Waals surface area contributed by atoms with Crippen molar-refractivity contribution in [1.29, 1.82) is 0 Å². The number of aliphatic hydroxyl groups excluding tert-OH is 1. The molecule has 2 unspecified atom stereocenters. The van der Waals surface area contributed by atoms with Crippen LogP contribution in [-0.4, -0.2) is 38.3 Å². The van der Waals surface area contributed by atoms with Crippen LogP contribution in [0.1, 0.15) is 23.1 Å². The SMILES string of the molecule is COc1cc(C)c(N(C(O)CC(=O)O)S(=O)[O-])c(C)c1C. The van der Waals surface area contributed by atoms with E-state index in [0.29, 0.717) is 21.2 Å². The Morgan fingerprint density at radius 3 is 2.43 bits per heavy atom. The molecule has 0 aromatic heterocycles. The fourth-order valence-electron chi connectivity index (χ4n) is 2.14. The Morgan fingerprint density at radius 1 is 1.43 bits per heavy atom. The summed E-state index contributed by atoms with van der Waals surface area (Å²) >= 11 is -2.81. The maximum atomic E-state index is 11.4. The zero-order chi connectivity index (χ0) is 16.3. The molecule has 8 heteroatoms. The Balaban J connectivity index is 3.42. The first kappa shape index (κ1) is 17.4. The van der Waals surface area contributed by atoms with E-state index in [0.717, 1.165) is 5.56 Å². The fourth-order valence-corrected chi connectivity index (χ4v) is 2.85. The lowest BCUT2D eigenvalue weighted by atomic mass is 10.0. The van der Waals surface area contributed by atoms with Crippen LogP contribution in [0, 0.1) is 20.8 Å². The van der Waals surface area contributed by atoms with Gasteiger partial charge < -0.3 is 19.5 Å². The molecule has 0 aliphatic carbocycles. The molecule has 1 aromatic rings. The lowest BCUT2D eigenvalue weighted by Crippen LogP contribution is -2.39. The quantitative estimate of drug-likeness (QED) is 0.599. The Bertz CT molecular complexity index is 574. The van der Waals surface area contributed by atoms with Crippen LogP contribution >= 0.6 is 0 Å². The summed E-state index contributed by atoms with van der Waals surface area (Å²) in [4.78, 5) is 10.7. The maximum Gasteiger partial charge on any atom is 0.307 e. The first-order valence-electron chi connectivity index (χ1n) is 6.14. The van der Waals surface area contributed by atoms with Crippen LogP contribution in [0.5, 0.6) is 5.75 Å². The highest BCUT2D eigenvalue weighted by atomic mass is 32.2. The van der Waals surface area contributed by atoms with Gasteiger partial charge in [0, 0.05) is 11.3 Å². The predicted molar refractivity (Wildman–Crippen MR) is 76.9 cm³/mol. The molecule has 0 aliphatic rings. The summed E-state index contributed by atoms with van der Waals surface area (Å²) in [7, 11) is 1.50. The molecular formula is C13H18NO6S-. The largest absolute Gasteiger partial charge is 0.755 e. The van der Waals surface area contributed by atoms with Crippen molar-refractivity contribution in [3.63, 3.8) is 0 Å². The molecule has 0 aliphatic heterocycles. The first-order valence-corrected chi connectivity index (χ1v) is 7.17. The van der Waals surface area contributed by atoms with Crippen LogP contribution < -0.4 is 9.04 Å². The Labute approximate surface area is 125 Å². The third-order valence-corrected chi connectivity index (χ3v) is 3.98. The molecule has 118 valence electrons. The second-order valence-electron chi connectivity index (χ2n) is 4.62. The minimum absolute atomic E-state index is 0.260. The number of carboxylic acid groups (broad SMARTS) is 1. The van der Waals surface area contributed by atoms with Crippen LogP contribution in [0.2, 0.25) is 0 Å². The third kappa shape index (κ3) is 3.72. The van der Waals surface area contributed by atoms with Gasteiger partial charge in [0.05, 0.1) is 19.2 Å². The molecule has 0 saturated heterocycles. The number of nitrogens with zero attached hydrogens (tertiary/aromatic N) is 1. The first-order chi connectivity index (χ1) is 9.70. The topological polar surface area (TPSA) is 110 Å². The third-order valence-electron chi connectivity index (χ3n) is 3.24. The van der Waals surface area contributed by atoms with E-state index in [1.165, 1.54) is 7.11 Å². The summed E-state index contributed by atoms with van der Waals surface area (Å²) in [6.45, 7) is 5.11. The number of aryl methyl sites for hydroxylation is 1. The molecule has 2 atom stereocenters. The van der Waals surface area contributed by atoms with Crippen molar-refractivity contribution < 1.29 is 28.5 Å². The molecule has 1 aromatic carbocycles. The average molecular weight is 316 g/mol. The zero-order valence-corrected chi connectivity index (χ0v) is 13.1. The van der Waals surface area contributed by atoms with Crippen LogP contribution in [0.3, 0.4) is 0 Å². The van der Waals surface area contributed by atoms with Gasteiger partial charge in [0.2, 0.25) is 0 Å². The van der Waals surface area contributed by atoms with Crippen LogP contribution in [0.4, 0.5) is 5.69 Å². The van der Waals surface area contributed by atoms with Gasteiger partial charge in [-0.15, -0.1) is 0 Å². The van der Waals surface area contributed by atoms with E-state index in [4.69, 9.17) is 9.84 Å². The minimum atomic E-state index is -2.81. The Hall–Kier alpha value is -1.64. The fraction of sp³-hybridized carbons (Fsp3) is 0.462. The number of aliphatic hydroxyl groups is 1. The highest BCUT2D eigenvalue weighted by molar-refractivity contribution is 7.80. The number of carbonyl (C=O) groups is 1. The summed E-state index contributed by atoms with van der Waals surface area (Å²) in [5.74, 6) is -0.698. The second-order valence-corrected chi connectivity index (χ2v) is 5.44. The van der Waals surface area contributed by atoms with E-state index in [-0.39, 0.29) is 5.69 Å². The molecule has 0 radical (unpaired) electrons. The second kappa shape index (κ2) is 6.88. The molecule has 7 nitrogen and oxygen atoms in total. The molecule has 0 fully saturated rings. The van der Waals surface area contributed by atoms with Crippen molar-refractivity contribution in [3.8, 4) is 5.75 Å². The molecule has 0 bridgehead atoms. The van der Waals surface area contributed by atoms with Gasteiger partial charge in [0.15, 0.2) is 0 Å². The Morgan fingerprint density at radius 2 is 2.00 bits per heavy atom. The van der Waals surface area contributed by atoms with Gasteiger partial charge in [0.25, 0.3) is 0 Å². The predicted octanol–water partition coefficient (Wildman–Crippen LogP) is 1.01. The number of ether oxygens (including phenoxy) is 1. The summed E-state index contributed by atoms with van der Waals surface area (Å²) in [5, 5.41) is 18.6. The van der Waals surface area contributed by atoms with Gasteiger partial charge in [-0.2, -0.15) is 0 Å². The maximum absolute atomic E-state index is 11.4. The van der Waals surface area contributed by atoms with E-state index in [2.05, 4.69) is 0 Å². The number of aliphatic carboxylic acids is 1. The van der Waals surface area contributed by atoms with Gasteiger partial charge in [0.1, 0.15) is 12.0 Å². The molecule has 0 spiro atoms. The number of hydrogen-bond acceptors (Lipinski definition) is 5. The molecule has 2 N–H and O–H groups in total. The number of anilines is 1. The highest BCUT2D eigenvalue weighted by Crippen LogP contribution is 2.35. The lowest BCUT2D eigenvalue weighted by Gasteiger charge is -2.33. The highest BCUT2D eigenvalue weighted by Gasteiger charge is 2.25. The van der Waals surface area contributed by atoms with Crippen LogP contribution in [-0.2, 0) is 16.1 Å². The number of rotatable bonds is 6. The van der Waals surface area contributed by atoms with Crippen LogP contribution in [0.15, 0.2) is 6.07 Å². The van der Waals surface area contributed by atoms with Gasteiger partial charge in [-0.3, -0.25) is 13.3 Å². The van der Waals surface area contributed by atoms with Gasteiger partial charge >= 0.3 is 5.97 Å². The van der Waals surface area contributed by atoms with Crippen molar-refractivity contribution in [2.45, 2.75) is 33.4 Å². The normalized spacial score (nSPS) is 13.6. The average Bonchev–Trinajstić information content (AvgIpc) is 2.37. The van der Waals surface area contributed by atoms with Crippen molar-refractivity contribution in [2.75, 3.05) is 11.4 Å². The van der Waals surface area contributed by atoms with E-state index < -0.39 is 29.9 Å². The lowest BCUT2D eigenvalue weighted by molar-refractivity contribution is -0.138. The minimum Gasteiger partial charge on any atom is -0.755 e. The number of hydrogen-bond donors (Lipinski definition) is 2. The van der Waals surface area contributed by atoms with Crippen LogP contribution in [0.25, 0.3) is 0 Å². The summed E-state index contributed by atoms with van der Waals surface area (Å²) in [5.41, 5.74) is 2.13. The molecule has 21 heavy (non-hydrogen) atoms. The summed E-state index contributed by atoms with van der Waals surface area (Å²) < 4.78 is 28.7. The summed E-state index contributed by atoms with van der Waals surface area (Å²) in [6, 6.07) is 1.64. The van der Waals surface area contributed by atoms with E-state index in [1.54, 1.807) is 26.8 Å². The van der Waals surface area contributed by atoms with Gasteiger partial charge in [-0.25, -0.2) is 0 Å². The van der Waals surface area contributed by atoms with Crippen molar-refractivity contribution in [2.24, 2.45) is 0 Å². The summed E-state index contributed by atoms with van der Waals surface area (Å²) in [6.07, 6.45) is -2.39. The monoisotopic (exact) mass is 316 g/mol. The number of carboxylic acids is 1. The molecule has 0 heterocycles. The number of benzene rings is 1. The smallest absolute Gasteiger partial charge is 0.307 e. The van der Waals surface area contributed by atoms with E-state index in [9.17, 15) is 18.7 Å². The molecule has 0 saturated carbocycles. The van der Waals surface area contributed by atoms with Crippen molar-refractivity contribution >= 4 is 22.9 Å². The molecular weight excluding hydrogens is 298 g/mol. The number of methoxy groups -OCH3 is 1. The molecule has 0 amide bonds. The van der Waals surface area contributed by atoms with Gasteiger partial charge in [-0.1, -0.05) is 0 Å². The molecule has 1 rings (SSSR count). The Kier molecular flexibility index (Phi) is 5.70. The van der Waals surface area contributed by atoms with Gasteiger partial charge in [-0.05, 0) is 43.5 Å². The standard InChI is InChI=1S/C13H19NO6S/c1-7-5-10(20-4)8(2)9(3)13(7)14(21(18)19)11(15)6-12(16)17/h5,11,15H,6H2,1-4H3,(H,16,17)(H,18,19)/p-1. The zero-order valence-electron chi connectivity index (χ0n) is 12.2.